The monoisotopic (exact) mass is 552 g/mol. The molecule has 0 saturated carbocycles. The predicted molar refractivity (Wildman–Crippen MR) is 159 cm³/mol. The van der Waals surface area contributed by atoms with E-state index < -0.39 is 5.41 Å². The van der Waals surface area contributed by atoms with Gasteiger partial charge in [-0.25, -0.2) is 4.98 Å². The first-order chi connectivity index (χ1) is 19.6. The van der Waals surface area contributed by atoms with E-state index in [0.717, 1.165) is 28.0 Å². The molecule has 1 N–H and O–H groups in total. The molecule has 0 spiro atoms. The van der Waals surface area contributed by atoms with E-state index in [1.807, 2.05) is 77.2 Å². The van der Waals surface area contributed by atoms with Gasteiger partial charge in [0.25, 0.3) is 0 Å². The molecule has 3 amide bonds. The van der Waals surface area contributed by atoms with Crippen LogP contribution in [0.15, 0.2) is 67.0 Å². The van der Waals surface area contributed by atoms with Crippen LogP contribution < -0.4 is 10.2 Å². The van der Waals surface area contributed by atoms with Crippen molar-refractivity contribution in [3.63, 3.8) is 0 Å². The van der Waals surface area contributed by atoms with Crippen molar-refractivity contribution < 1.29 is 14.4 Å². The zero-order valence-electron chi connectivity index (χ0n) is 24.2. The van der Waals surface area contributed by atoms with Crippen molar-refractivity contribution in [3.05, 3.63) is 83.9 Å². The van der Waals surface area contributed by atoms with Gasteiger partial charge in [-0.3, -0.25) is 19.4 Å². The van der Waals surface area contributed by atoms with Gasteiger partial charge in [0.1, 0.15) is 17.8 Å². The molecule has 5 rings (SSSR count). The fourth-order valence-corrected chi connectivity index (χ4v) is 5.55. The molecule has 1 unspecified atom stereocenters. The molecule has 0 fully saturated rings. The minimum Gasteiger partial charge on any atom is -0.334 e. The molecule has 1 aliphatic rings. The maximum atomic E-state index is 14.1. The lowest BCUT2D eigenvalue weighted by Crippen LogP contribution is -2.43. The van der Waals surface area contributed by atoms with E-state index >= 15 is 0 Å². The summed E-state index contributed by atoms with van der Waals surface area (Å²) in [5.41, 5.74) is 3.70. The van der Waals surface area contributed by atoms with Crippen molar-refractivity contribution in [2.45, 2.75) is 53.1 Å². The summed E-state index contributed by atoms with van der Waals surface area (Å²) in [6.07, 6.45) is 4.87. The largest absolute Gasteiger partial charge is 0.334 e. The van der Waals surface area contributed by atoms with Crippen molar-refractivity contribution >= 4 is 40.1 Å². The van der Waals surface area contributed by atoms with Gasteiger partial charge in [-0.1, -0.05) is 31.2 Å². The van der Waals surface area contributed by atoms with Gasteiger partial charge in [0.2, 0.25) is 17.7 Å². The zero-order chi connectivity index (χ0) is 29.3. The smallest absolute Gasteiger partial charge is 0.243 e. The van der Waals surface area contributed by atoms with Crippen molar-refractivity contribution in [1.82, 2.24) is 19.4 Å². The van der Waals surface area contributed by atoms with Gasteiger partial charge in [-0.05, 0) is 75.1 Å². The van der Waals surface area contributed by atoms with Crippen molar-refractivity contribution in [2.24, 2.45) is 5.41 Å². The highest BCUT2D eigenvalue weighted by Crippen LogP contribution is 2.38. The molecule has 9 nitrogen and oxygen atoms in total. The highest BCUT2D eigenvalue weighted by atomic mass is 16.2. The van der Waals surface area contributed by atoms with Crippen LogP contribution in [-0.4, -0.2) is 50.7 Å². The lowest BCUT2D eigenvalue weighted by molar-refractivity contribution is -0.136. The van der Waals surface area contributed by atoms with Gasteiger partial charge in [0.05, 0.1) is 28.5 Å². The number of aryl methyl sites for hydroxylation is 1. The number of benzene rings is 2. The second-order valence-electron chi connectivity index (χ2n) is 11.1. The van der Waals surface area contributed by atoms with Gasteiger partial charge in [-0.15, -0.1) is 0 Å². The molecule has 1 atom stereocenters. The maximum Gasteiger partial charge on any atom is 0.243 e. The highest BCUT2D eigenvalue weighted by molar-refractivity contribution is 6.19. The molecule has 0 aliphatic carbocycles. The fraction of sp³-hybridized carbons (Fsp3) is 0.344. The third kappa shape index (κ3) is 5.31. The Morgan fingerprint density at radius 3 is 2.61 bits per heavy atom. The third-order valence-corrected chi connectivity index (χ3v) is 8.01. The van der Waals surface area contributed by atoms with Crippen molar-refractivity contribution in [3.8, 4) is 0 Å². The molecule has 212 valence electrons. The number of carbonyl (C=O) groups excluding carboxylic acids is 3. The van der Waals surface area contributed by atoms with Crippen LogP contribution >= 0.6 is 0 Å². The lowest BCUT2D eigenvalue weighted by atomic mass is 9.91. The summed E-state index contributed by atoms with van der Waals surface area (Å²) in [5, 5.41) is 2.91. The lowest BCUT2D eigenvalue weighted by Gasteiger charge is -2.33. The van der Waals surface area contributed by atoms with Crippen molar-refractivity contribution in [1.29, 1.82) is 0 Å². The van der Waals surface area contributed by atoms with Crippen LogP contribution in [0.3, 0.4) is 0 Å². The first-order valence-corrected chi connectivity index (χ1v) is 14.0. The minimum absolute atomic E-state index is 0.0270. The fourth-order valence-electron chi connectivity index (χ4n) is 5.55. The summed E-state index contributed by atoms with van der Waals surface area (Å²) in [7, 11) is 1.69. The zero-order valence-corrected chi connectivity index (χ0v) is 24.2. The second kappa shape index (κ2) is 11.2. The average molecular weight is 553 g/mol. The summed E-state index contributed by atoms with van der Waals surface area (Å²) < 4.78 is 1.96. The average Bonchev–Trinajstić information content (AvgIpc) is 3.26. The summed E-state index contributed by atoms with van der Waals surface area (Å²) in [6, 6.07) is 17.2. The molecule has 0 saturated heterocycles. The number of para-hydroxylation sites is 2. The quantitative estimate of drug-likeness (QED) is 0.313. The van der Waals surface area contributed by atoms with E-state index in [0.29, 0.717) is 30.8 Å². The van der Waals surface area contributed by atoms with Crippen LogP contribution in [0.2, 0.25) is 0 Å². The van der Waals surface area contributed by atoms with Gasteiger partial charge >= 0.3 is 0 Å². The number of fused-ring (bicyclic) bond motifs is 2. The highest BCUT2D eigenvalue weighted by Gasteiger charge is 2.42. The van der Waals surface area contributed by atoms with E-state index in [2.05, 4.69) is 22.2 Å². The Labute approximate surface area is 240 Å². The molecule has 1 aliphatic heterocycles. The molecular weight excluding hydrogens is 516 g/mol. The normalized spacial score (nSPS) is 15.3. The van der Waals surface area contributed by atoms with Gasteiger partial charge in [0.15, 0.2) is 0 Å². The molecular formula is C32H36N6O3. The summed E-state index contributed by atoms with van der Waals surface area (Å²) >= 11 is 0. The number of imidazole rings is 1. The number of nitrogens with one attached hydrogen (secondary N) is 1. The molecule has 3 heterocycles. The number of aromatic nitrogens is 3. The summed E-state index contributed by atoms with van der Waals surface area (Å²) in [5.74, 6) is 0.124. The van der Waals surface area contributed by atoms with Crippen molar-refractivity contribution in [2.75, 3.05) is 23.8 Å². The number of amides is 3. The number of anilines is 2. The molecule has 2 aromatic heterocycles. The Morgan fingerprint density at radius 1 is 1.10 bits per heavy atom. The molecule has 0 radical (unpaired) electrons. The Morgan fingerprint density at radius 2 is 1.88 bits per heavy atom. The Balaban J connectivity index is 1.51. The van der Waals surface area contributed by atoms with E-state index in [1.165, 1.54) is 4.90 Å². The molecule has 0 bridgehead atoms. The SMILES string of the molecule is CCC(c1ccc2c(c1)N(C)C(=O)C(C)(C)C(=O)N2)N(CCc1cccnc1)C(=O)Cn1c(C)nc2ccccc21. The van der Waals surface area contributed by atoms with E-state index in [9.17, 15) is 14.4 Å². The summed E-state index contributed by atoms with van der Waals surface area (Å²) in [6.45, 7) is 7.87. The Kier molecular flexibility index (Phi) is 7.62. The number of hydrogen-bond donors (Lipinski definition) is 1. The number of pyridine rings is 1. The van der Waals surface area contributed by atoms with Crippen LogP contribution in [0.25, 0.3) is 11.0 Å². The van der Waals surface area contributed by atoms with Crippen LogP contribution in [0.4, 0.5) is 11.4 Å². The number of carbonyl (C=O) groups is 3. The van der Waals surface area contributed by atoms with E-state index in [4.69, 9.17) is 0 Å². The van der Waals surface area contributed by atoms with Crippen LogP contribution in [0, 0.1) is 12.3 Å². The van der Waals surface area contributed by atoms with Gasteiger partial charge in [-0.2, -0.15) is 0 Å². The maximum absolute atomic E-state index is 14.1. The van der Waals surface area contributed by atoms with Gasteiger partial charge in [0, 0.05) is 26.0 Å². The Hall–Kier alpha value is -4.53. The van der Waals surface area contributed by atoms with Crippen LogP contribution in [0.1, 0.15) is 50.2 Å². The van der Waals surface area contributed by atoms with E-state index in [-0.39, 0.29) is 30.3 Å². The van der Waals surface area contributed by atoms with Gasteiger partial charge < -0.3 is 19.7 Å². The standard InChI is InChI=1S/C32H36N6O3/c1-6-26(23-13-14-25-28(18-23)36(5)31(41)32(3,4)30(40)35-25)37(17-15-22-10-9-16-33-19-22)29(39)20-38-21(2)34-24-11-7-8-12-27(24)38/h7-14,16,18-19,26H,6,15,17,20H2,1-5H3,(H,35,40). The number of hydrogen-bond acceptors (Lipinski definition) is 5. The number of rotatable bonds is 8. The second-order valence-corrected chi connectivity index (χ2v) is 11.1. The topological polar surface area (TPSA) is 100 Å². The molecule has 2 aromatic carbocycles. The third-order valence-electron chi connectivity index (χ3n) is 8.01. The number of nitrogens with zero attached hydrogens (tertiary/aromatic N) is 5. The van der Waals surface area contributed by atoms with E-state index in [1.54, 1.807) is 27.1 Å². The summed E-state index contributed by atoms with van der Waals surface area (Å²) in [4.78, 5) is 52.5. The minimum atomic E-state index is -1.20. The van der Waals surface area contributed by atoms with Crippen LogP contribution in [0.5, 0.6) is 0 Å². The first-order valence-electron chi connectivity index (χ1n) is 14.0. The molecule has 41 heavy (non-hydrogen) atoms. The Bertz CT molecular complexity index is 1610. The molecule has 4 aromatic rings. The van der Waals surface area contributed by atoms with Crippen LogP contribution in [-0.2, 0) is 27.3 Å². The predicted octanol–water partition coefficient (Wildman–Crippen LogP) is 4.90. The first kappa shape index (κ1) is 28.0. The molecule has 9 heteroatoms.